The molecule has 0 saturated carbocycles. The molecule has 5 heteroatoms. The Labute approximate surface area is 118 Å². The smallest absolute Gasteiger partial charge is 0.123 e. The van der Waals surface area contributed by atoms with Crippen molar-refractivity contribution in [2.24, 2.45) is 5.73 Å². The number of hydrogen-bond acceptors (Lipinski definition) is 3. The quantitative estimate of drug-likeness (QED) is 0.928. The van der Waals surface area contributed by atoms with Crippen LogP contribution in [0.15, 0.2) is 18.2 Å². The summed E-state index contributed by atoms with van der Waals surface area (Å²) in [6.45, 7) is 6.57. The maximum atomic E-state index is 13.3. The number of ether oxygens (including phenoxy) is 1. The minimum Gasteiger partial charge on any atom is -0.374 e. The van der Waals surface area contributed by atoms with Gasteiger partial charge in [-0.3, -0.25) is 4.90 Å². The molecule has 0 aromatic heterocycles. The van der Waals surface area contributed by atoms with E-state index in [-0.39, 0.29) is 11.9 Å². The molecule has 2 N–H and O–H groups in total. The van der Waals surface area contributed by atoms with E-state index in [2.05, 4.69) is 18.7 Å². The monoisotopic (exact) mass is 286 g/mol. The Balaban J connectivity index is 2.14. The van der Waals surface area contributed by atoms with Gasteiger partial charge in [0.05, 0.1) is 18.8 Å². The Kier molecular flexibility index (Phi) is 4.79. The van der Waals surface area contributed by atoms with Crippen molar-refractivity contribution in [2.45, 2.75) is 32.0 Å². The lowest BCUT2D eigenvalue weighted by Crippen LogP contribution is -2.49. The Morgan fingerprint density at radius 1 is 1.47 bits per heavy atom. The zero-order valence-corrected chi connectivity index (χ0v) is 12.0. The third-order valence-corrected chi connectivity index (χ3v) is 3.92. The van der Waals surface area contributed by atoms with E-state index in [4.69, 9.17) is 22.1 Å². The Bertz CT molecular complexity index is 441. The Morgan fingerprint density at radius 3 is 2.89 bits per heavy atom. The van der Waals surface area contributed by atoms with Gasteiger partial charge in [0, 0.05) is 24.2 Å². The first-order chi connectivity index (χ1) is 8.99. The molecule has 0 aliphatic carbocycles. The van der Waals surface area contributed by atoms with Crippen molar-refractivity contribution < 1.29 is 9.13 Å². The summed E-state index contributed by atoms with van der Waals surface area (Å²) < 4.78 is 19.0. The van der Waals surface area contributed by atoms with Crippen molar-refractivity contribution in [1.29, 1.82) is 0 Å². The molecule has 0 spiro atoms. The highest BCUT2D eigenvalue weighted by Crippen LogP contribution is 2.27. The fraction of sp³-hybridized carbons (Fsp3) is 0.571. The second-order valence-electron chi connectivity index (χ2n) is 5.19. The molecule has 2 atom stereocenters. The Morgan fingerprint density at radius 2 is 2.21 bits per heavy atom. The van der Waals surface area contributed by atoms with Crippen molar-refractivity contribution >= 4 is 11.6 Å². The van der Waals surface area contributed by atoms with Gasteiger partial charge in [-0.1, -0.05) is 11.6 Å². The maximum absolute atomic E-state index is 13.3. The van der Waals surface area contributed by atoms with Crippen molar-refractivity contribution in [3.8, 4) is 0 Å². The van der Waals surface area contributed by atoms with Crippen LogP contribution in [-0.2, 0) is 4.74 Å². The number of halogens is 2. The highest BCUT2D eigenvalue weighted by atomic mass is 35.5. The zero-order chi connectivity index (χ0) is 14.0. The SMILES string of the molecule is CC(C)N1CCOC(C(N)c2cc(F)ccc2Cl)C1. The normalized spacial score (nSPS) is 22.7. The van der Waals surface area contributed by atoms with Crippen molar-refractivity contribution in [1.82, 2.24) is 4.90 Å². The summed E-state index contributed by atoms with van der Waals surface area (Å²) in [7, 11) is 0. The van der Waals surface area contributed by atoms with Gasteiger partial charge in [0.15, 0.2) is 0 Å². The highest BCUT2D eigenvalue weighted by molar-refractivity contribution is 6.31. The fourth-order valence-electron chi connectivity index (χ4n) is 2.35. The van der Waals surface area contributed by atoms with Crippen molar-refractivity contribution in [3.05, 3.63) is 34.6 Å². The lowest BCUT2D eigenvalue weighted by atomic mass is 10.00. The van der Waals surface area contributed by atoms with Gasteiger partial charge in [-0.25, -0.2) is 4.39 Å². The third-order valence-electron chi connectivity index (χ3n) is 3.57. The minimum atomic E-state index is -0.412. The van der Waals surface area contributed by atoms with Gasteiger partial charge >= 0.3 is 0 Å². The molecule has 0 radical (unpaired) electrons. The van der Waals surface area contributed by atoms with Gasteiger partial charge in [-0.05, 0) is 37.6 Å². The van der Waals surface area contributed by atoms with Crippen LogP contribution in [0.4, 0.5) is 4.39 Å². The van der Waals surface area contributed by atoms with Crippen LogP contribution in [0, 0.1) is 5.82 Å². The van der Waals surface area contributed by atoms with Crippen LogP contribution < -0.4 is 5.73 Å². The van der Waals surface area contributed by atoms with Gasteiger partial charge in [-0.2, -0.15) is 0 Å². The van der Waals surface area contributed by atoms with Crippen LogP contribution in [0.25, 0.3) is 0 Å². The maximum Gasteiger partial charge on any atom is 0.123 e. The van der Waals surface area contributed by atoms with E-state index in [0.717, 1.165) is 13.1 Å². The van der Waals surface area contributed by atoms with Crippen molar-refractivity contribution in [2.75, 3.05) is 19.7 Å². The molecule has 1 saturated heterocycles. The molecule has 3 nitrogen and oxygen atoms in total. The third kappa shape index (κ3) is 3.45. The second-order valence-corrected chi connectivity index (χ2v) is 5.60. The summed E-state index contributed by atoms with van der Waals surface area (Å²) in [6, 6.07) is 4.30. The van der Waals surface area contributed by atoms with Crippen molar-refractivity contribution in [3.63, 3.8) is 0 Å². The molecule has 1 aromatic carbocycles. The molecule has 106 valence electrons. The van der Waals surface area contributed by atoms with Gasteiger partial charge in [-0.15, -0.1) is 0 Å². The van der Waals surface area contributed by atoms with Gasteiger partial charge < -0.3 is 10.5 Å². The summed E-state index contributed by atoms with van der Waals surface area (Å²) in [5.41, 5.74) is 6.81. The lowest BCUT2D eigenvalue weighted by molar-refractivity contribution is -0.0502. The van der Waals surface area contributed by atoms with E-state index in [9.17, 15) is 4.39 Å². The van der Waals surface area contributed by atoms with Gasteiger partial charge in [0.2, 0.25) is 0 Å². The summed E-state index contributed by atoms with van der Waals surface area (Å²) in [4.78, 5) is 2.31. The van der Waals surface area contributed by atoms with E-state index in [1.807, 2.05) is 0 Å². The van der Waals surface area contributed by atoms with Crippen LogP contribution in [0.2, 0.25) is 5.02 Å². The first-order valence-corrected chi connectivity index (χ1v) is 6.93. The van der Waals surface area contributed by atoms with Crippen LogP contribution in [0.5, 0.6) is 0 Å². The molecule has 1 heterocycles. The molecule has 0 amide bonds. The summed E-state index contributed by atoms with van der Waals surface area (Å²) in [6.07, 6.45) is -0.157. The molecule has 2 rings (SSSR count). The average Bonchev–Trinajstić information content (AvgIpc) is 2.41. The molecule has 1 aliphatic rings. The number of rotatable bonds is 3. The van der Waals surface area contributed by atoms with Gasteiger partial charge in [0.25, 0.3) is 0 Å². The molecular formula is C14H20ClFN2O. The number of nitrogens with two attached hydrogens (primary N) is 1. The van der Waals surface area contributed by atoms with Crippen LogP contribution in [-0.4, -0.2) is 36.7 Å². The minimum absolute atomic E-state index is 0.157. The van der Waals surface area contributed by atoms with E-state index in [1.165, 1.54) is 18.2 Å². The second kappa shape index (κ2) is 6.18. The molecule has 1 aliphatic heterocycles. The van der Waals surface area contributed by atoms with Crippen LogP contribution in [0.3, 0.4) is 0 Å². The van der Waals surface area contributed by atoms with E-state index in [0.29, 0.717) is 23.2 Å². The van der Waals surface area contributed by atoms with Crippen LogP contribution >= 0.6 is 11.6 Å². The standard InChI is InChI=1S/C14H20ClFN2O/c1-9(2)18-5-6-19-13(8-18)14(17)11-7-10(16)3-4-12(11)15/h3-4,7,9,13-14H,5-6,8,17H2,1-2H3. The average molecular weight is 287 g/mol. The molecule has 1 fully saturated rings. The number of hydrogen-bond donors (Lipinski definition) is 1. The number of benzene rings is 1. The van der Waals surface area contributed by atoms with E-state index in [1.54, 1.807) is 0 Å². The molecule has 1 aromatic rings. The predicted octanol–water partition coefficient (Wildman–Crippen LogP) is 2.59. The largest absolute Gasteiger partial charge is 0.374 e. The molecular weight excluding hydrogens is 267 g/mol. The Hall–Kier alpha value is -0.680. The number of nitrogens with zero attached hydrogens (tertiary/aromatic N) is 1. The molecule has 0 bridgehead atoms. The van der Waals surface area contributed by atoms with E-state index < -0.39 is 6.04 Å². The topological polar surface area (TPSA) is 38.5 Å². The first kappa shape index (κ1) is 14.7. The zero-order valence-electron chi connectivity index (χ0n) is 11.3. The summed E-state index contributed by atoms with van der Waals surface area (Å²) >= 11 is 6.09. The molecule has 2 unspecified atom stereocenters. The first-order valence-electron chi connectivity index (χ1n) is 6.55. The van der Waals surface area contributed by atoms with Crippen LogP contribution in [0.1, 0.15) is 25.5 Å². The predicted molar refractivity (Wildman–Crippen MR) is 74.8 cm³/mol. The fourth-order valence-corrected chi connectivity index (χ4v) is 2.60. The summed E-state index contributed by atoms with van der Waals surface area (Å²) in [5, 5.41) is 0.485. The summed E-state index contributed by atoms with van der Waals surface area (Å²) in [5.74, 6) is -0.327. The number of morpholine rings is 1. The lowest BCUT2D eigenvalue weighted by Gasteiger charge is -2.38. The molecule has 19 heavy (non-hydrogen) atoms. The van der Waals surface area contributed by atoms with Gasteiger partial charge in [0.1, 0.15) is 5.82 Å². The highest BCUT2D eigenvalue weighted by Gasteiger charge is 2.29. The van der Waals surface area contributed by atoms with E-state index >= 15 is 0 Å².